The molecule has 0 saturated heterocycles. The molecule has 2 aromatic carbocycles. The number of carbonyl (C=O) groups is 1. The number of nitrogens with one attached hydrogen (secondary N) is 1. The molecule has 27 heavy (non-hydrogen) atoms. The first-order chi connectivity index (χ1) is 12.6. The van der Waals surface area contributed by atoms with Gasteiger partial charge in [-0.15, -0.1) is 0 Å². The molecule has 0 aliphatic heterocycles. The highest BCUT2D eigenvalue weighted by molar-refractivity contribution is 7.91. The number of carbonyl (C=O) groups excluding carboxylic acids is 1. The van der Waals surface area contributed by atoms with E-state index in [1.807, 2.05) is 0 Å². The number of furan rings is 1. The fraction of sp³-hybridized carbons (Fsp3) is 0.167. The highest BCUT2D eigenvalue weighted by Crippen LogP contribution is 2.31. The molecule has 3 aromatic rings. The minimum atomic E-state index is -4.76. The quantitative estimate of drug-likeness (QED) is 0.656. The summed E-state index contributed by atoms with van der Waals surface area (Å²) >= 11 is 6.10. The van der Waals surface area contributed by atoms with Crippen LogP contribution in [0, 0.1) is 13.8 Å². The zero-order valence-corrected chi connectivity index (χ0v) is 15.8. The number of fused-ring (bicyclic) bond motifs is 1. The normalized spacial score (nSPS) is 11.9. The fourth-order valence-corrected chi connectivity index (χ4v) is 3.53. The van der Waals surface area contributed by atoms with Gasteiger partial charge in [0.05, 0.1) is 4.90 Å². The number of rotatable bonds is 4. The Morgan fingerprint density at radius 1 is 1.19 bits per heavy atom. The summed E-state index contributed by atoms with van der Waals surface area (Å²) in [6.45, 7) is 3.48. The van der Waals surface area contributed by atoms with Crippen LogP contribution in [0.1, 0.15) is 21.7 Å². The number of benzene rings is 2. The molecule has 142 valence electrons. The van der Waals surface area contributed by atoms with E-state index in [0.29, 0.717) is 21.6 Å². The molecular weight excluding hydrogens is 400 g/mol. The molecule has 0 spiro atoms. The monoisotopic (exact) mass is 413 g/mol. The Kier molecular flexibility index (Phi) is 4.96. The maximum Gasteiger partial charge on any atom is 0.341 e. The largest absolute Gasteiger partial charge is 0.451 e. The number of sulfone groups is 1. The molecule has 0 unspecified atom stereocenters. The Morgan fingerprint density at radius 3 is 2.56 bits per heavy atom. The lowest BCUT2D eigenvalue weighted by Gasteiger charge is -2.07. The second kappa shape index (κ2) is 6.94. The number of hydrogen-bond donors (Lipinski definition) is 1. The Balaban J connectivity index is 1.95. The van der Waals surface area contributed by atoms with Gasteiger partial charge in [-0.05, 0) is 49.7 Å². The second-order valence-electron chi connectivity index (χ2n) is 5.94. The zero-order valence-electron chi connectivity index (χ0n) is 14.2. The lowest BCUT2D eigenvalue weighted by molar-refractivity contribution is 0.0998. The van der Waals surface area contributed by atoms with Gasteiger partial charge in [0, 0.05) is 21.7 Å². The Morgan fingerprint density at radius 2 is 1.89 bits per heavy atom. The number of aryl methyl sites for hydroxylation is 2. The number of alkyl halides is 2. The summed E-state index contributed by atoms with van der Waals surface area (Å²) in [5.41, 5.74) is 1.87. The summed E-state index contributed by atoms with van der Waals surface area (Å²) in [5, 5.41) is 3.67. The zero-order chi connectivity index (χ0) is 19.9. The van der Waals surface area contributed by atoms with E-state index in [4.69, 9.17) is 16.0 Å². The van der Waals surface area contributed by atoms with Gasteiger partial charge in [-0.2, -0.15) is 8.78 Å². The maximum atomic E-state index is 12.7. The Hall–Kier alpha value is -2.45. The van der Waals surface area contributed by atoms with Crippen LogP contribution in [0.2, 0.25) is 5.02 Å². The van der Waals surface area contributed by atoms with E-state index in [1.165, 1.54) is 12.1 Å². The van der Waals surface area contributed by atoms with Gasteiger partial charge in [-0.25, -0.2) is 8.42 Å². The summed E-state index contributed by atoms with van der Waals surface area (Å²) in [6.07, 6.45) is 0. The average Bonchev–Trinajstić information content (AvgIpc) is 2.92. The van der Waals surface area contributed by atoms with Crippen LogP contribution in [-0.2, 0) is 9.84 Å². The second-order valence-corrected chi connectivity index (χ2v) is 8.27. The molecule has 1 heterocycles. The topological polar surface area (TPSA) is 76.4 Å². The van der Waals surface area contributed by atoms with E-state index in [0.717, 1.165) is 17.7 Å². The average molecular weight is 414 g/mol. The minimum Gasteiger partial charge on any atom is -0.451 e. The molecule has 1 amide bonds. The van der Waals surface area contributed by atoms with Crippen LogP contribution in [0.4, 0.5) is 14.5 Å². The minimum absolute atomic E-state index is 0.0220. The van der Waals surface area contributed by atoms with Crippen molar-refractivity contribution in [3.63, 3.8) is 0 Å². The predicted octanol–water partition coefficient (Wildman–Crippen LogP) is 4.95. The van der Waals surface area contributed by atoms with E-state index < -0.39 is 26.4 Å². The SMILES string of the molecule is Cc1cc2oc(C(=O)Nc3cccc(S(=O)(=O)C(F)F)c3)c(C)c2cc1Cl. The van der Waals surface area contributed by atoms with E-state index in [1.54, 1.807) is 26.0 Å². The maximum absolute atomic E-state index is 12.7. The van der Waals surface area contributed by atoms with Crippen molar-refractivity contribution in [2.45, 2.75) is 24.5 Å². The molecule has 1 N–H and O–H groups in total. The third-order valence-electron chi connectivity index (χ3n) is 4.08. The van der Waals surface area contributed by atoms with Crippen molar-refractivity contribution in [2.24, 2.45) is 0 Å². The first kappa shape index (κ1) is 19.3. The van der Waals surface area contributed by atoms with Crippen LogP contribution >= 0.6 is 11.6 Å². The lowest BCUT2D eigenvalue weighted by Crippen LogP contribution is -2.14. The fourth-order valence-electron chi connectivity index (χ4n) is 2.60. The van der Waals surface area contributed by atoms with E-state index in [9.17, 15) is 22.0 Å². The van der Waals surface area contributed by atoms with Gasteiger partial charge in [-0.1, -0.05) is 17.7 Å². The van der Waals surface area contributed by atoms with Gasteiger partial charge in [0.2, 0.25) is 9.84 Å². The van der Waals surface area contributed by atoms with Crippen molar-refractivity contribution in [3.05, 3.63) is 58.3 Å². The van der Waals surface area contributed by atoms with Gasteiger partial charge in [0.1, 0.15) is 5.58 Å². The molecule has 0 aliphatic carbocycles. The molecular formula is C18H14ClF2NO4S. The number of anilines is 1. The van der Waals surface area contributed by atoms with E-state index in [-0.39, 0.29) is 11.4 Å². The molecule has 5 nitrogen and oxygen atoms in total. The number of halogens is 3. The molecule has 0 aliphatic rings. The van der Waals surface area contributed by atoms with Crippen LogP contribution in [0.3, 0.4) is 0 Å². The van der Waals surface area contributed by atoms with Crippen LogP contribution in [-0.4, -0.2) is 20.1 Å². The van der Waals surface area contributed by atoms with Crippen LogP contribution in [0.5, 0.6) is 0 Å². The summed E-state index contributed by atoms with van der Waals surface area (Å²) in [7, 11) is -4.76. The predicted molar refractivity (Wildman–Crippen MR) is 98.3 cm³/mol. The standard InChI is InChI=1S/C18H14ClF2NO4S/c1-9-6-15-13(8-14(9)19)10(2)16(26-15)17(23)22-11-4-3-5-12(7-11)27(24,25)18(20)21/h3-8,18H,1-2H3,(H,22,23). The van der Waals surface area contributed by atoms with Gasteiger partial charge in [0.15, 0.2) is 5.76 Å². The lowest BCUT2D eigenvalue weighted by atomic mass is 10.1. The highest BCUT2D eigenvalue weighted by Gasteiger charge is 2.27. The van der Waals surface area contributed by atoms with Crippen molar-refractivity contribution >= 4 is 44.0 Å². The molecule has 0 atom stereocenters. The molecule has 9 heteroatoms. The molecule has 1 aromatic heterocycles. The first-order valence-corrected chi connectivity index (χ1v) is 9.66. The molecule has 0 bridgehead atoms. The molecule has 3 rings (SSSR count). The van der Waals surface area contributed by atoms with Crippen molar-refractivity contribution in [1.29, 1.82) is 0 Å². The van der Waals surface area contributed by atoms with Crippen molar-refractivity contribution in [1.82, 2.24) is 0 Å². The van der Waals surface area contributed by atoms with Crippen molar-refractivity contribution < 1.29 is 26.4 Å². The van der Waals surface area contributed by atoms with Gasteiger partial charge >= 0.3 is 5.76 Å². The van der Waals surface area contributed by atoms with Crippen molar-refractivity contribution in [3.8, 4) is 0 Å². The van der Waals surface area contributed by atoms with E-state index in [2.05, 4.69) is 5.32 Å². The number of amides is 1. The smallest absolute Gasteiger partial charge is 0.341 e. The molecule has 0 fully saturated rings. The Labute approximate surface area is 158 Å². The summed E-state index contributed by atoms with van der Waals surface area (Å²) in [5.74, 6) is -4.16. The van der Waals surface area contributed by atoms with Crippen LogP contribution in [0.15, 0.2) is 45.7 Å². The van der Waals surface area contributed by atoms with Crippen molar-refractivity contribution in [2.75, 3.05) is 5.32 Å². The third-order valence-corrected chi connectivity index (χ3v) is 5.87. The van der Waals surface area contributed by atoms with E-state index >= 15 is 0 Å². The molecule has 0 radical (unpaired) electrons. The van der Waals surface area contributed by atoms with Crippen LogP contribution in [0.25, 0.3) is 11.0 Å². The van der Waals surface area contributed by atoms with Crippen LogP contribution < -0.4 is 5.32 Å². The summed E-state index contributed by atoms with van der Waals surface area (Å²) in [6, 6.07) is 8.06. The Bertz CT molecular complexity index is 1160. The number of hydrogen-bond acceptors (Lipinski definition) is 4. The van der Waals surface area contributed by atoms with Gasteiger partial charge in [-0.3, -0.25) is 4.79 Å². The summed E-state index contributed by atoms with van der Waals surface area (Å²) < 4.78 is 54.1. The molecule has 0 saturated carbocycles. The van der Waals surface area contributed by atoms with Gasteiger partial charge in [0.25, 0.3) is 5.91 Å². The highest BCUT2D eigenvalue weighted by atomic mass is 35.5. The summed E-state index contributed by atoms with van der Waals surface area (Å²) in [4.78, 5) is 11.9. The third kappa shape index (κ3) is 3.54. The first-order valence-electron chi connectivity index (χ1n) is 7.74. The van der Waals surface area contributed by atoms with Gasteiger partial charge < -0.3 is 9.73 Å².